The smallest absolute Gasteiger partial charge is 0.0697 e. The standard InChI is InChI=1S/C15H22N4S/c1-12(2)20-11-9-16-13(3)14-4-6-15(7-5-14)19-10-8-17-18-19/h4-8,10,12-13,16H,9,11H2,1-3H3/t13-/m1/s1. The van der Waals surface area contributed by atoms with E-state index in [0.29, 0.717) is 11.3 Å². The summed E-state index contributed by atoms with van der Waals surface area (Å²) in [6, 6.07) is 8.80. The fourth-order valence-corrected chi connectivity index (χ4v) is 2.66. The van der Waals surface area contributed by atoms with Gasteiger partial charge in [0.05, 0.1) is 18.1 Å². The van der Waals surface area contributed by atoms with E-state index >= 15 is 0 Å². The predicted molar refractivity (Wildman–Crippen MR) is 85.4 cm³/mol. The molecular formula is C15H22N4S. The lowest BCUT2D eigenvalue weighted by molar-refractivity contribution is 0.601. The Kier molecular flexibility index (Phi) is 5.61. The van der Waals surface area contributed by atoms with Gasteiger partial charge in [0.15, 0.2) is 0 Å². The lowest BCUT2D eigenvalue weighted by atomic mass is 10.1. The first-order valence-corrected chi connectivity index (χ1v) is 8.03. The van der Waals surface area contributed by atoms with Crippen molar-refractivity contribution in [1.29, 1.82) is 0 Å². The number of hydrogen-bond acceptors (Lipinski definition) is 4. The Balaban J connectivity index is 1.86. The van der Waals surface area contributed by atoms with Gasteiger partial charge in [-0.05, 0) is 29.9 Å². The van der Waals surface area contributed by atoms with Crippen molar-refractivity contribution in [3.63, 3.8) is 0 Å². The number of nitrogens with one attached hydrogen (secondary N) is 1. The van der Waals surface area contributed by atoms with E-state index in [-0.39, 0.29) is 0 Å². The molecule has 0 unspecified atom stereocenters. The summed E-state index contributed by atoms with van der Waals surface area (Å²) in [7, 11) is 0. The maximum Gasteiger partial charge on any atom is 0.0697 e. The summed E-state index contributed by atoms with van der Waals surface area (Å²) in [4.78, 5) is 0. The third kappa shape index (κ3) is 4.35. The summed E-state index contributed by atoms with van der Waals surface area (Å²) in [5.41, 5.74) is 2.33. The van der Waals surface area contributed by atoms with Gasteiger partial charge in [-0.1, -0.05) is 31.2 Å². The van der Waals surface area contributed by atoms with Crippen LogP contribution in [-0.2, 0) is 0 Å². The minimum atomic E-state index is 0.368. The summed E-state index contributed by atoms with van der Waals surface area (Å²) in [5, 5.41) is 12.1. The van der Waals surface area contributed by atoms with Gasteiger partial charge < -0.3 is 5.32 Å². The third-order valence-corrected chi connectivity index (χ3v) is 4.19. The normalized spacial score (nSPS) is 12.8. The predicted octanol–water partition coefficient (Wildman–Crippen LogP) is 3.06. The highest BCUT2D eigenvalue weighted by Crippen LogP contribution is 2.15. The van der Waals surface area contributed by atoms with Crippen LogP contribution in [0.4, 0.5) is 0 Å². The number of aromatic nitrogens is 3. The molecule has 0 bridgehead atoms. The van der Waals surface area contributed by atoms with Crippen LogP contribution in [0.5, 0.6) is 0 Å². The van der Waals surface area contributed by atoms with Crippen molar-refractivity contribution in [1.82, 2.24) is 20.3 Å². The van der Waals surface area contributed by atoms with Gasteiger partial charge in [-0.2, -0.15) is 11.8 Å². The Morgan fingerprint density at radius 3 is 2.55 bits per heavy atom. The quantitative estimate of drug-likeness (QED) is 0.796. The number of rotatable bonds is 7. The minimum absolute atomic E-state index is 0.368. The molecule has 0 aliphatic rings. The molecule has 1 N–H and O–H groups in total. The first-order valence-electron chi connectivity index (χ1n) is 6.98. The van der Waals surface area contributed by atoms with Gasteiger partial charge in [0.2, 0.25) is 0 Å². The molecule has 0 fully saturated rings. The van der Waals surface area contributed by atoms with Gasteiger partial charge in [-0.3, -0.25) is 0 Å². The molecular weight excluding hydrogens is 268 g/mol. The van der Waals surface area contributed by atoms with Gasteiger partial charge in [0.1, 0.15) is 0 Å². The topological polar surface area (TPSA) is 42.7 Å². The van der Waals surface area contributed by atoms with Crippen LogP contribution >= 0.6 is 11.8 Å². The van der Waals surface area contributed by atoms with Crippen LogP contribution < -0.4 is 5.32 Å². The van der Waals surface area contributed by atoms with Crippen LogP contribution in [0, 0.1) is 0 Å². The fourth-order valence-electron chi connectivity index (χ4n) is 1.95. The second kappa shape index (κ2) is 7.45. The molecule has 1 atom stereocenters. The number of thioether (sulfide) groups is 1. The second-order valence-electron chi connectivity index (χ2n) is 5.03. The van der Waals surface area contributed by atoms with E-state index in [1.807, 2.05) is 18.0 Å². The first kappa shape index (κ1) is 15.1. The lowest BCUT2D eigenvalue weighted by Crippen LogP contribution is -2.21. The van der Waals surface area contributed by atoms with Gasteiger partial charge in [-0.25, -0.2) is 4.68 Å². The first-order chi connectivity index (χ1) is 9.66. The number of nitrogens with zero attached hydrogens (tertiary/aromatic N) is 3. The van der Waals surface area contributed by atoms with E-state index in [4.69, 9.17) is 0 Å². The Morgan fingerprint density at radius 2 is 1.95 bits per heavy atom. The lowest BCUT2D eigenvalue weighted by Gasteiger charge is -2.15. The molecule has 0 radical (unpaired) electrons. The molecule has 2 rings (SSSR count). The highest BCUT2D eigenvalue weighted by Gasteiger charge is 2.05. The molecule has 0 saturated heterocycles. The molecule has 0 saturated carbocycles. The van der Waals surface area contributed by atoms with Crippen molar-refractivity contribution in [2.75, 3.05) is 12.3 Å². The molecule has 1 aromatic heterocycles. The molecule has 1 aromatic carbocycles. The summed E-state index contributed by atoms with van der Waals surface area (Å²) in [6.45, 7) is 7.70. The Bertz CT molecular complexity index is 493. The fraction of sp³-hybridized carbons (Fsp3) is 0.467. The summed E-state index contributed by atoms with van der Waals surface area (Å²) >= 11 is 1.99. The highest BCUT2D eigenvalue weighted by atomic mass is 32.2. The van der Waals surface area contributed by atoms with E-state index in [2.05, 4.69) is 60.7 Å². The summed E-state index contributed by atoms with van der Waals surface area (Å²) in [5.74, 6) is 1.15. The van der Waals surface area contributed by atoms with Crippen molar-refractivity contribution >= 4 is 11.8 Å². The van der Waals surface area contributed by atoms with Gasteiger partial charge >= 0.3 is 0 Å². The highest BCUT2D eigenvalue weighted by molar-refractivity contribution is 7.99. The SMILES string of the molecule is CC(C)SCCN[C@H](C)c1ccc(-n2ccnn2)cc1. The molecule has 0 aliphatic carbocycles. The van der Waals surface area contributed by atoms with Crippen molar-refractivity contribution in [2.45, 2.75) is 32.1 Å². The van der Waals surface area contributed by atoms with E-state index in [1.165, 1.54) is 5.56 Å². The van der Waals surface area contributed by atoms with Crippen LogP contribution in [0.1, 0.15) is 32.4 Å². The Morgan fingerprint density at radius 1 is 1.20 bits per heavy atom. The monoisotopic (exact) mass is 290 g/mol. The van der Waals surface area contributed by atoms with Crippen LogP contribution in [0.25, 0.3) is 5.69 Å². The van der Waals surface area contributed by atoms with Gasteiger partial charge in [0.25, 0.3) is 0 Å². The molecule has 108 valence electrons. The van der Waals surface area contributed by atoms with E-state index in [9.17, 15) is 0 Å². The van der Waals surface area contributed by atoms with Crippen molar-refractivity contribution < 1.29 is 0 Å². The van der Waals surface area contributed by atoms with E-state index in [0.717, 1.165) is 18.0 Å². The molecule has 20 heavy (non-hydrogen) atoms. The molecule has 4 nitrogen and oxygen atoms in total. The molecule has 1 heterocycles. The van der Waals surface area contributed by atoms with Crippen LogP contribution in [-0.4, -0.2) is 32.5 Å². The number of hydrogen-bond donors (Lipinski definition) is 1. The molecule has 5 heteroatoms. The minimum Gasteiger partial charge on any atom is -0.309 e. The van der Waals surface area contributed by atoms with Crippen molar-refractivity contribution in [2.24, 2.45) is 0 Å². The van der Waals surface area contributed by atoms with E-state index in [1.54, 1.807) is 10.9 Å². The Hall–Kier alpha value is -1.33. The zero-order valence-corrected chi connectivity index (χ0v) is 13.1. The maximum absolute atomic E-state index is 3.99. The second-order valence-corrected chi connectivity index (χ2v) is 6.72. The average Bonchev–Trinajstić information content (AvgIpc) is 2.97. The van der Waals surface area contributed by atoms with Gasteiger partial charge in [-0.15, -0.1) is 5.10 Å². The van der Waals surface area contributed by atoms with E-state index < -0.39 is 0 Å². The van der Waals surface area contributed by atoms with Crippen LogP contribution in [0.3, 0.4) is 0 Å². The zero-order valence-electron chi connectivity index (χ0n) is 12.3. The zero-order chi connectivity index (χ0) is 14.4. The largest absolute Gasteiger partial charge is 0.309 e. The van der Waals surface area contributed by atoms with Gasteiger partial charge in [0, 0.05) is 18.3 Å². The summed E-state index contributed by atoms with van der Waals surface area (Å²) < 4.78 is 1.77. The molecule has 2 aromatic rings. The van der Waals surface area contributed by atoms with Crippen LogP contribution in [0.2, 0.25) is 0 Å². The molecule has 0 aliphatic heterocycles. The average molecular weight is 290 g/mol. The number of benzene rings is 1. The van der Waals surface area contributed by atoms with Crippen molar-refractivity contribution in [3.8, 4) is 5.69 Å². The third-order valence-electron chi connectivity index (χ3n) is 3.08. The Labute approximate surface area is 125 Å². The van der Waals surface area contributed by atoms with Crippen LogP contribution in [0.15, 0.2) is 36.7 Å². The molecule has 0 spiro atoms. The van der Waals surface area contributed by atoms with Crippen molar-refractivity contribution in [3.05, 3.63) is 42.2 Å². The molecule has 0 amide bonds. The summed E-state index contributed by atoms with van der Waals surface area (Å²) in [6.07, 6.45) is 3.53. The maximum atomic E-state index is 3.99.